The van der Waals surface area contributed by atoms with Gasteiger partial charge in [-0.1, -0.05) is 0 Å². The Hall–Kier alpha value is -1.26. The van der Waals surface area contributed by atoms with Crippen LogP contribution in [0.15, 0.2) is 35.2 Å². The summed E-state index contributed by atoms with van der Waals surface area (Å²) < 4.78 is 12.8. The molecule has 4 heteroatoms. The molecule has 0 aromatic carbocycles. The summed E-state index contributed by atoms with van der Waals surface area (Å²) in [6.07, 6.45) is 3.24. The van der Waals surface area contributed by atoms with Crippen molar-refractivity contribution in [3.8, 4) is 0 Å². The average molecular weight is 250 g/mol. The van der Waals surface area contributed by atoms with Crippen LogP contribution in [-0.2, 0) is 6.42 Å². The molecule has 1 atom stereocenters. The van der Waals surface area contributed by atoms with Crippen molar-refractivity contribution >= 4 is 11.3 Å². The van der Waals surface area contributed by atoms with E-state index in [1.54, 1.807) is 17.4 Å². The molecular formula is C13H15FN2S. The molecule has 0 amide bonds. The Morgan fingerprint density at radius 2 is 2.29 bits per heavy atom. The zero-order chi connectivity index (χ0) is 12.1. The number of halogens is 1. The molecule has 0 saturated carbocycles. The molecule has 17 heavy (non-hydrogen) atoms. The highest BCUT2D eigenvalue weighted by Crippen LogP contribution is 2.18. The quantitative estimate of drug-likeness (QED) is 0.881. The Kier molecular flexibility index (Phi) is 4.23. The Labute approximate surface area is 105 Å². The molecular weight excluding hydrogens is 235 g/mol. The predicted octanol–water partition coefficient (Wildman–Crippen LogP) is 3.18. The first-order valence-electron chi connectivity index (χ1n) is 5.59. The lowest BCUT2D eigenvalue weighted by molar-refractivity contribution is 0.531. The van der Waals surface area contributed by atoms with Gasteiger partial charge in [0.05, 0.1) is 11.9 Å². The van der Waals surface area contributed by atoms with Crippen molar-refractivity contribution in [2.24, 2.45) is 0 Å². The molecule has 2 aromatic heterocycles. The number of aromatic nitrogens is 1. The molecule has 0 spiro atoms. The number of nitrogens with zero attached hydrogens (tertiary/aromatic N) is 1. The molecule has 0 bridgehead atoms. The molecule has 0 aliphatic heterocycles. The molecule has 2 rings (SSSR count). The van der Waals surface area contributed by atoms with Gasteiger partial charge in [0.15, 0.2) is 0 Å². The van der Waals surface area contributed by atoms with Gasteiger partial charge in [-0.3, -0.25) is 4.98 Å². The molecule has 0 aliphatic carbocycles. The standard InChI is InChI=1S/C13H15FN2S/c1-15-12(4-2-10-6-7-17-9-10)13-5-3-11(14)8-16-13/h3,5-9,12,15H,2,4H2,1H3. The van der Waals surface area contributed by atoms with Gasteiger partial charge in [-0.25, -0.2) is 4.39 Å². The second kappa shape index (κ2) is 5.89. The minimum Gasteiger partial charge on any atom is -0.312 e. The molecule has 0 fully saturated rings. The Balaban J connectivity index is 1.99. The highest BCUT2D eigenvalue weighted by molar-refractivity contribution is 7.07. The summed E-state index contributed by atoms with van der Waals surface area (Å²) in [6.45, 7) is 0. The summed E-state index contributed by atoms with van der Waals surface area (Å²) in [5.41, 5.74) is 2.24. The van der Waals surface area contributed by atoms with Crippen LogP contribution in [0.1, 0.15) is 23.7 Å². The summed E-state index contributed by atoms with van der Waals surface area (Å²) in [5, 5.41) is 7.46. The van der Waals surface area contributed by atoms with Gasteiger partial charge in [-0.15, -0.1) is 0 Å². The molecule has 1 unspecified atom stereocenters. The minimum atomic E-state index is -0.290. The fraction of sp³-hybridized carbons (Fsp3) is 0.308. The van der Waals surface area contributed by atoms with Gasteiger partial charge in [0, 0.05) is 6.04 Å². The molecule has 0 aliphatic rings. The van der Waals surface area contributed by atoms with Crippen LogP contribution in [0.3, 0.4) is 0 Å². The molecule has 0 radical (unpaired) electrons. The zero-order valence-corrected chi connectivity index (χ0v) is 10.5. The van der Waals surface area contributed by atoms with Crippen LogP contribution in [0, 0.1) is 5.82 Å². The van der Waals surface area contributed by atoms with E-state index >= 15 is 0 Å². The van der Waals surface area contributed by atoms with Crippen LogP contribution in [0.5, 0.6) is 0 Å². The topological polar surface area (TPSA) is 24.9 Å². The highest BCUT2D eigenvalue weighted by atomic mass is 32.1. The predicted molar refractivity (Wildman–Crippen MR) is 68.6 cm³/mol. The van der Waals surface area contributed by atoms with Crippen molar-refractivity contribution in [1.82, 2.24) is 10.3 Å². The van der Waals surface area contributed by atoms with Gasteiger partial charge in [0.1, 0.15) is 5.82 Å². The lowest BCUT2D eigenvalue weighted by Crippen LogP contribution is -2.18. The lowest BCUT2D eigenvalue weighted by atomic mass is 10.0. The summed E-state index contributed by atoms with van der Waals surface area (Å²) in [5.74, 6) is -0.290. The number of rotatable bonds is 5. The summed E-state index contributed by atoms with van der Waals surface area (Å²) in [7, 11) is 1.91. The fourth-order valence-electron chi connectivity index (χ4n) is 1.78. The van der Waals surface area contributed by atoms with Crippen LogP contribution in [0.25, 0.3) is 0 Å². The van der Waals surface area contributed by atoms with Gasteiger partial charge in [0.25, 0.3) is 0 Å². The summed E-state index contributed by atoms with van der Waals surface area (Å²) in [4.78, 5) is 4.11. The van der Waals surface area contributed by atoms with Crippen molar-refractivity contribution in [2.45, 2.75) is 18.9 Å². The average Bonchev–Trinajstić information content (AvgIpc) is 2.85. The molecule has 0 saturated heterocycles. The van der Waals surface area contributed by atoms with Crippen molar-refractivity contribution < 1.29 is 4.39 Å². The Morgan fingerprint density at radius 1 is 1.41 bits per heavy atom. The molecule has 2 nitrogen and oxygen atoms in total. The normalized spacial score (nSPS) is 12.6. The molecule has 90 valence electrons. The van der Waals surface area contributed by atoms with E-state index in [2.05, 4.69) is 27.1 Å². The van der Waals surface area contributed by atoms with Crippen molar-refractivity contribution in [1.29, 1.82) is 0 Å². The third-order valence-electron chi connectivity index (χ3n) is 2.76. The monoisotopic (exact) mass is 250 g/mol. The second-order valence-corrected chi connectivity index (χ2v) is 4.69. The molecule has 2 heterocycles. The Morgan fingerprint density at radius 3 is 2.88 bits per heavy atom. The minimum absolute atomic E-state index is 0.176. The SMILES string of the molecule is CNC(CCc1ccsc1)c1ccc(F)cn1. The van der Waals surface area contributed by atoms with E-state index in [4.69, 9.17) is 0 Å². The third kappa shape index (κ3) is 3.35. The van der Waals surface area contributed by atoms with E-state index in [0.29, 0.717) is 0 Å². The fourth-order valence-corrected chi connectivity index (χ4v) is 2.48. The number of aryl methyl sites for hydroxylation is 1. The molecule has 2 aromatic rings. The van der Waals surface area contributed by atoms with Crippen molar-refractivity contribution in [2.75, 3.05) is 7.05 Å². The number of nitrogens with one attached hydrogen (secondary N) is 1. The van der Waals surface area contributed by atoms with E-state index in [0.717, 1.165) is 18.5 Å². The number of hydrogen-bond acceptors (Lipinski definition) is 3. The van der Waals surface area contributed by atoms with Crippen molar-refractivity contribution in [3.63, 3.8) is 0 Å². The van der Waals surface area contributed by atoms with Gasteiger partial charge in [-0.2, -0.15) is 11.3 Å². The van der Waals surface area contributed by atoms with Crippen LogP contribution < -0.4 is 5.32 Å². The van der Waals surface area contributed by atoms with Gasteiger partial charge in [-0.05, 0) is 54.4 Å². The first kappa shape index (κ1) is 12.2. The van der Waals surface area contributed by atoms with E-state index in [9.17, 15) is 4.39 Å². The maximum absolute atomic E-state index is 12.8. The van der Waals surface area contributed by atoms with E-state index < -0.39 is 0 Å². The van der Waals surface area contributed by atoms with Gasteiger partial charge >= 0.3 is 0 Å². The van der Waals surface area contributed by atoms with Crippen molar-refractivity contribution in [3.05, 3.63) is 52.2 Å². The highest BCUT2D eigenvalue weighted by Gasteiger charge is 2.10. The smallest absolute Gasteiger partial charge is 0.141 e. The zero-order valence-electron chi connectivity index (χ0n) is 9.69. The largest absolute Gasteiger partial charge is 0.312 e. The maximum atomic E-state index is 12.8. The summed E-state index contributed by atoms with van der Waals surface area (Å²) in [6, 6.07) is 5.51. The first-order valence-corrected chi connectivity index (χ1v) is 6.53. The van der Waals surface area contributed by atoms with E-state index in [1.807, 2.05) is 7.05 Å². The van der Waals surface area contributed by atoms with Gasteiger partial charge < -0.3 is 5.32 Å². The third-order valence-corrected chi connectivity index (χ3v) is 3.49. The van der Waals surface area contributed by atoms with Gasteiger partial charge in [0.2, 0.25) is 0 Å². The van der Waals surface area contributed by atoms with Crippen LogP contribution >= 0.6 is 11.3 Å². The van der Waals surface area contributed by atoms with E-state index in [-0.39, 0.29) is 11.9 Å². The summed E-state index contributed by atoms with van der Waals surface area (Å²) >= 11 is 1.71. The van der Waals surface area contributed by atoms with Crippen LogP contribution in [-0.4, -0.2) is 12.0 Å². The number of hydrogen-bond donors (Lipinski definition) is 1. The number of thiophene rings is 1. The lowest BCUT2D eigenvalue weighted by Gasteiger charge is -2.15. The second-order valence-electron chi connectivity index (χ2n) is 3.91. The maximum Gasteiger partial charge on any atom is 0.141 e. The first-order chi connectivity index (χ1) is 8.29. The number of pyridine rings is 1. The van der Waals surface area contributed by atoms with E-state index in [1.165, 1.54) is 17.8 Å². The Bertz CT molecular complexity index is 439. The molecule has 1 N–H and O–H groups in total. The van der Waals surface area contributed by atoms with Crippen LogP contribution in [0.2, 0.25) is 0 Å². The van der Waals surface area contributed by atoms with Crippen LogP contribution in [0.4, 0.5) is 4.39 Å².